The third-order valence-corrected chi connectivity index (χ3v) is 3.97. The van der Waals surface area contributed by atoms with Crippen molar-refractivity contribution in [1.82, 2.24) is 0 Å². The molecule has 0 aromatic heterocycles. The number of ether oxygens (including phenoxy) is 1. The number of amides is 1. The highest BCUT2D eigenvalue weighted by Crippen LogP contribution is 2.36. The highest BCUT2D eigenvalue weighted by Gasteiger charge is 2.31. The number of hydrogen-bond acceptors (Lipinski definition) is 3. The number of benzene rings is 1. The zero-order valence-corrected chi connectivity index (χ0v) is 13.8. The van der Waals surface area contributed by atoms with Gasteiger partial charge in [-0.3, -0.25) is 4.79 Å². The van der Waals surface area contributed by atoms with E-state index in [1.54, 1.807) is 0 Å². The first-order valence-corrected chi connectivity index (χ1v) is 8.25. The van der Waals surface area contributed by atoms with Crippen molar-refractivity contribution < 1.29 is 22.7 Å². The molecule has 0 bridgehead atoms. The maximum Gasteiger partial charge on any atom is 0.416 e. The molecule has 0 unspecified atom stereocenters. The lowest BCUT2D eigenvalue weighted by molar-refractivity contribution is -0.137. The van der Waals surface area contributed by atoms with Crippen LogP contribution in [0.3, 0.4) is 0 Å². The summed E-state index contributed by atoms with van der Waals surface area (Å²) >= 11 is 0. The van der Waals surface area contributed by atoms with Crippen molar-refractivity contribution >= 4 is 17.3 Å². The molecule has 1 saturated heterocycles. The van der Waals surface area contributed by atoms with Gasteiger partial charge in [0.15, 0.2) is 0 Å². The Bertz CT molecular complexity index is 555. The molecule has 7 heteroatoms. The lowest BCUT2D eigenvalue weighted by Gasteiger charge is -2.31. The molecule has 0 radical (unpaired) electrons. The number of carbonyl (C=O) groups is 1. The Morgan fingerprint density at radius 2 is 1.96 bits per heavy atom. The van der Waals surface area contributed by atoms with Gasteiger partial charge in [0.25, 0.3) is 0 Å². The van der Waals surface area contributed by atoms with Crippen LogP contribution in [0.2, 0.25) is 0 Å². The molecular formula is C17H23F3N2O2. The summed E-state index contributed by atoms with van der Waals surface area (Å²) in [6.45, 7) is 4.13. The summed E-state index contributed by atoms with van der Waals surface area (Å²) in [4.78, 5) is 14.0. The number of nitrogens with one attached hydrogen (secondary N) is 1. The van der Waals surface area contributed by atoms with Crippen LogP contribution in [-0.2, 0) is 15.7 Å². The van der Waals surface area contributed by atoms with Gasteiger partial charge in [-0.25, -0.2) is 0 Å². The molecule has 1 aromatic carbocycles. The number of halogens is 3. The van der Waals surface area contributed by atoms with Crippen molar-refractivity contribution in [1.29, 1.82) is 0 Å². The summed E-state index contributed by atoms with van der Waals surface area (Å²) in [7, 11) is 0. The maximum absolute atomic E-state index is 13.0. The molecule has 1 aliphatic heterocycles. The average molecular weight is 344 g/mol. The quantitative estimate of drug-likeness (QED) is 0.791. The number of piperidine rings is 1. The molecule has 1 fully saturated rings. The number of nitrogens with zero attached hydrogens (tertiary/aromatic N) is 1. The minimum absolute atomic E-state index is 0.115. The van der Waals surface area contributed by atoms with Crippen LogP contribution in [0.1, 0.15) is 38.2 Å². The summed E-state index contributed by atoms with van der Waals surface area (Å²) in [6, 6.07) is 3.54. The summed E-state index contributed by atoms with van der Waals surface area (Å²) < 4.78 is 44.1. The van der Waals surface area contributed by atoms with Gasteiger partial charge in [0.05, 0.1) is 30.0 Å². The van der Waals surface area contributed by atoms with Gasteiger partial charge in [-0.1, -0.05) is 0 Å². The minimum atomic E-state index is -4.44. The maximum atomic E-state index is 13.0. The average Bonchev–Trinajstić information content (AvgIpc) is 2.55. The molecule has 0 aliphatic carbocycles. The van der Waals surface area contributed by atoms with E-state index in [0.29, 0.717) is 12.3 Å². The molecule has 0 atom stereocenters. The Hall–Kier alpha value is -1.76. The van der Waals surface area contributed by atoms with E-state index in [-0.39, 0.29) is 24.6 Å². The van der Waals surface area contributed by atoms with Crippen LogP contribution in [0.5, 0.6) is 0 Å². The van der Waals surface area contributed by atoms with E-state index in [1.165, 1.54) is 6.07 Å². The smallest absolute Gasteiger partial charge is 0.381 e. The van der Waals surface area contributed by atoms with E-state index in [2.05, 4.69) is 5.32 Å². The molecule has 134 valence electrons. The zero-order valence-electron chi connectivity index (χ0n) is 13.8. The molecule has 1 heterocycles. The van der Waals surface area contributed by atoms with Crippen LogP contribution in [0.25, 0.3) is 0 Å². The Labute approximate surface area is 140 Å². The second kappa shape index (κ2) is 8.37. The molecule has 1 aromatic rings. The van der Waals surface area contributed by atoms with Gasteiger partial charge in [-0.05, 0) is 44.4 Å². The van der Waals surface area contributed by atoms with E-state index < -0.39 is 11.7 Å². The van der Waals surface area contributed by atoms with E-state index in [0.717, 1.165) is 44.5 Å². The molecular weight excluding hydrogens is 321 g/mol. The van der Waals surface area contributed by atoms with E-state index in [9.17, 15) is 18.0 Å². The van der Waals surface area contributed by atoms with Gasteiger partial charge in [0.2, 0.25) is 5.91 Å². The monoisotopic (exact) mass is 344 g/mol. The number of carbonyl (C=O) groups excluding carboxylic acids is 1. The molecule has 0 spiro atoms. The molecule has 1 amide bonds. The zero-order chi connectivity index (χ0) is 17.6. The van der Waals surface area contributed by atoms with E-state index in [4.69, 9.17) is 4.74 Å². The van der Waals surface area contributed by atoms with Gasteiger partial charge in [-0.15, -0.1) is 0 Å². The van der Waals surface area contributed by atoms with Crippen molar-refractivity contribution in [3.05, 3.63) is 23.8 Å². The van der Waals surface area contributed by atoms with Crippen molar-refractivity contribution in [3.8, 4) is 0 Å². The molecule has 2 rings (SSSR count). The molecule has 0 saturated carbocycles. The first-order chi connectivity index (χ1) is 11.4. The predicted octanol–water partition coefficient (Wildman–Crippen LogP) is 4.06. The summed E-state index contributed by atoms with van der Waals surface area (Å²) in [5, 5.41) is 2.62. The normalized spacial score (nSPS) is 15.4. The summed E-state index contributed by atoms with van der Waals surface area (Å²) in [5.41, 5.74) is 0.101. The van der Waals surface area contributed by atoms with Crippen LogP contribution >= 0.6 is 0 Å². The van der Waals surface area contributed by atoms with Gasteiger partial charge < -0.3 is 15.0 Å². The minimum Gasteiger partial charge on any atom is -0.381 e. The van der Waals surface area contributed by atoms with E-state index in [1.807, 2.05) is 11.8 Å². The first kappa shape index (κ1) is 18.6. The van der Waals surface area contributed by atoms with Crippen molar-refractivity contribution in [3.63, 3.8) is 0 Å². The first-order valence-electron chi connectivity index (χ1n) is 8.25. The number of hydrogen-bond donors (Lipinski definition) is 1. The molecule has 1 aliphatic rings. The number of rotatable bonds is 6. The summed E-state index contributed by atoms with van der Waals surface area (Å²) in [5.74, 6) is -0.346. The van der Waals surface area contributed by atoms with Gasteiger partial charge in [0.1, 0.15) is 0 Å². The number of anilines is 2. The summed E-state index contributed by atoms with van der Waals surface area (Å²) in [6.07, 6.45) is -1.21. The Kier molecular flexibility index (Phi) is 6.48. The second-order valence-corrected chi connectivity index (χ2v) is 5.77. The Morgan fingerprint density at radius 1 is 1.25 bits per heavy atom. The Balaban J connectivity index is 2.21. The van der Waals surface area contributed by atoms with Gasteiger partial charge >= 0.3 is 6.18 Å². The third-order valence-electron chi connectivity index (χ3n) is 3.97. The number of alkyl halides is 3. The van der Waals surface area contributed by atoms with Crippen LogP contribution in [-0.4, -0.2) is 32.2 Å². The second-order valence-electron chi connectivity index (χ2n) is 5.77. The van der Waals surface area contributed by atoms with Crippen molar-refractivity contribution in [2.24, 2.45) is 0 Å². The van der Waals surface area contributed by atoms with Gasteiger partial charge in [0, 0.05) is 19.7 Å². The lowest BCUT2D eigenvalue weighted by atomic mass is 10.1. The van der Waals surface area contributed by atoms with E-state index >= 15 is 0 Å². The fraction of sp³-hybridized carbons (Fsp3) is 0.588. The fourth-order valence-corrected chi connectivity index (χ4v) is 2.74. The Morgan fingerprint density at radius 3 is 2.58 bits per heavy atom. The third kappa shape index (κ3) is 5.12. The fourth-order valence-electron chi connectivity index (χ4n) is 2.74. The van der Waals surface area contributed by atoms with Crippen molar-refractivity contribution in [2.45, 2.75) is 38.8 Å². The largest absolute Gasteiger partial charge is 0.416 e. The SMILES string of the molecule is CCOCCC(=O)Nc1cc(C(F)(F)F)ccc1N1CCCCC1. The highest BCUT2D eigenvalue weighted by molar-refractivity contribution is 5.94. The highest BCUT2D eigenvalue weighted by atomic mass is 19.4. The standard InChI is InChI=1S/C17H23F3N2O2/c1-2-24-11-8-16(23)21-14-12-13(17(18,19)20)6-7-15(14)22-9-4-3-5-10-22/h6-7,12H,2-5,8-11H2,1H3,(H,21,23). The van der Waals surface area contributed by atoms with Crippen LogP contribution in [0, 0.1) is 0 Å². The van der Waals surface area contributed by atoms with Crippen LogP contribution in [0.4, 0.5) is 24.5 Å². The molecule has 4 nitrogen and oxygen atoms in total. The predicted molar refractivity (Wildman–Crippen MR) is 87.2 cm³/mol. The van der Waals surface area contributed by atoms with Crippen LogP contribution < -0.4 is 10.2 Å². The topological polar surface area (TPSA) is 41.6 Å². The molecule has 1 N–H and O–H groups in total. The van der Waals surface area contributed by atoms with Crippen LogP contribution in [0.15, 0.2) is 18.2 Å². The van der Waals surface area contributed by atoms with Crippen molar-refractivity contribution in [2.75, 3.05) is 36.5 Å². The lowest BCUT2D eigenvalue weighted by Crippen LogP contribution is -2.30. The molecule has 24 heavy (non-hydrogen) atoms. The van der Waals surface area contributed by atoms with Gasteiger partial charge in [-0.2, -0.15) is 13.2 Å².